The number of amides is 2. The summed E-state index contributed by atoms with van der Waals surface area (Å²) in [6, 6.07) is 11.5. The van der Waals surface area contributed by atoms with Crippen molar-refractivity contribution in [1.29, 1.82) is 0 Å². The molecule has 2 amide bonds. The summed E-state index contributed by atoms with van der Waals surface area (Å²) in [5, 5.41) is 10.4. The van der Waals surface area contributed by atoms with E-state index in [4.69, 9.17) is 23.2 Å². The quantitative estimate of drug-likeness (QED) is 0.531. The van der Waals surface area contributed by atoms with Crippen molar-refractivity contribution in [3.8, 4) is 5.69 Å². The molecule has 31 heavy (non-hydrogen) atoms. The number of nitrogens with zero attached hydrogens (tertiary/aromatic N) is 3. The largest absolute Gasteiger partial charge is 0.350 e. The molecule has 2 aromatic carbocycles. The number of hydrogen-bond donors (Lipinski definition) is 2. The Balaban J connectivity index is 1.63. The summed E-state index contributed by atoms with van der Waals surface area (Å²) in [4.78, 5) is 29.4. The number of benzene rings is 2. The molecule has 0 bridgehead atoms. The van der Waals surface area contributed by atoms with Crippen LogP contribution in [0.25, 0.3) is 5.69 Å². The van der Waals surface area contributed by atoms with Gasteiger partial charge in [0.25, 0.3) is 5.91 Å². The van der Waals surface area contributed by atoms with Crippen molar-refractivity contribution in [2.75, 3.05) is 0 Å². The molecule has 1 atom stereocenters. The second-order valence-corrected chi connectivity index (χ2v) is 8.35. The van der Waals surface area contributed by atoms with E-state index in [0.29, 0.717) is 18.0 Å². The fourth-order valence-electron chi connectivity index (χ4n) is 3.03. The Hall–Kier alpha value is -2.90. The van der Waals surface area contributed by atoms with Gasteiger partial charge < -0.3 is 10.6 Å². The molecule has 3 rings (SSSR count). The summed E-state index contributed by atoms with van der Waals surface area (Å²) in [5.41, 5.74) is 2.07. The minimum Gasteiger partial charge on any atom is -0.350 e. The van der Waals surface area contributed by atoms with Crippen molar-refractivity contribution < 1.29 is 9.59 Å². The van der Waals surface area contributed by atoms with Gasteiger partial charge in [-0.1, -0.05) is 49.2 Å². The van der Waals surface area contributed by atoms with Gasteiger partial charge >= 0.3 is 0 Å². The fourth-order valence-corrected chi connectivity index (χ4v) is 3.53. The van der Waals surface area contributed by atoms with Crippen LogP contribution < -0.4 is 10.6 Å². The van der Waals surface area contributed by atoms with Crippen LogP contribution in [0.4, 0.5) is 0 Å². The number of nitrogens with one attached hydrogen (secondary N) is 2. The van der Waals surface area contributed by atoms with Crippen molar-refractivity contribution >= 4 is 35.0 Å². The number of carbonyl (C=O) groups excluding carboxylic acids is 2. The van der Waals surface area contributed by atoms with Crippen molar-refractivity contribution in [2.24, 2.45) is 5.92 Å². The third kappa shape index (κ3) is 6.29. The van der Waals surface area contributed by atoms with Gasteiger partial charge in [0.05, 0.1) is 16.3 Å². The highest BCUT2D eigenvalue weighted by Crippen LogP contribution is 2.21. The highest BCUT2D eigenvalue weighted by Gasteiger charge is 2.23. The van der Waals surface area contributed by atoms with Crippen LogP contribution in [-0.2, 0) is 11.3 Å². The van der Waals surface area contributed by atoms with Crippen molar-refractivity contribution in [3.05, 3.63) is 76.3 Å². The Labute approximate surface area is 190 Å². The first-order valence-corrected chi connectivity index (χ1v) is 10.6. The maximum Gasteiger partial charge on any atom is 0.253 e. The molecule has 1 heterocycles. The maximum absolute atomic E-state index is 12.8. The molecular formula is C22H23Cl2N5O2. The molecule has 7 nitrogen and oxygen atoms in total. The molecular weight excluding hydrogens is 437 g/mol. The fraction of sp³-hybridized carbons (Fsp3) is 0.273. The van der Waals surface area contributed by atoms with Crippen molar-refractivity contribution in [1.82, 2.24) is 25.4 Å². The van der Waals surface area contributed by atoms with E-state index >= 15 is 0 Å². The van der Waals surface area contributed by atoms with Crippen LogP contribution in [0.15, 0.2) is 55.1 Å². The highest BCUT2D eigenvalue weighted by atomic mass is 35.5. The van der Waals surface area contributed by atoms with Crippen molar-refractivity contribution in [2.45, 2.75) is 32.9 Å². The third-order valence-corrected chi connectivity index (χ3v) is 5.14. The molecule has 1 aromatic heterocycles. The summed E-state index contributed by atoms with van der Waals surface area (Å²) in [5.74, 6) is -0.467. The van der Waals surface area contributed by atoms with E-state index < -0.39 is 11.9 Å². The van der Waals surface area contributed by atoms with Crippen LogP contribution in [0.1, 0.15) is 36.2 Å². The summed E-state index contributed by atoms with van der Waals surface area (Å²) < 4.78 is 1.65. The first-order chi connectivity index (χ1) is 14.8. The molecule has 9 heteroatoms. The zero-order valence-corrected chi connectivity index (χ0v) is 18.7. The Kier molecular flexibility index (Phi) is 7.65. The second kappa shape index (κ2) is 10.4. The molecule has 0 fully saturated rings. The first kappa shape index (κ1) is 22.8. The van der Waals surface area contributed by atoms with Crippen molar-refractivity contribution in [3.63, 3.8) is 0 Å². The standard InChI is InChI=1S/C22H23Cl2N5O2/c1-14(2)9-20(28-21(30)18-8-5-16(23)10-19(18)24)22(31)26-11-15-3-6-17(7-4-15)29-13-25-12-27-29/h3-8,10,12-14,20H,9,11H2,1-2H3,(H,26,31)(H,28,30). The SMILES string of the molecule is CC(C)CC(NC(=O)c1ccc(Cl)cc1Cl)C(=O)NCc1ccc(-n2cncn2)cc1. The number of rotatable bonds is 8. The Morgan fingerprint density at radius 3 is 2.45 bits per heavy atom. The lowest BCUT2D eigenvalue weighted by molar-refractivity contribution is -0.123. The summed E-state index contributed by atoms with van der Waals surface area (Å²) >= 11 is 12.0. The number of carbonyl (C=O) groups is 2. The molecule has 2 N–H and O–H groups in total. The predicted octanol–water partition coefficient (Wildman–Crippen LogP) is 4.04. The van der Waals surface area contributed by atoms with E-state index in [1.54, 1.807) is 23.1 Å². The van der Waals surface area contributed by atoms with Crippen LogP contribution in [0.2, 0.25) is 10.0 Å². The van der Waals surface area contributed by atoms with Crippen LogP contribution in [-0.4, -0.2) is 32.6 Å². The number of hydrogen-bond acceptors (Lipinski definition) is 4. The van der Waals surface area contributed by atoms with Crippen LogP contribution in [0, 0.1) is 5.92 Å². The summed E-state index contributed by atoms with van der Waals surface area (Å²) in [6.45, 7) is 4.32. The lowest BCUT2D eigenvalue weighted by Crippen LogP contribution is -2.47. The first-order valence-electron chi connectivity index (χ1n) is 9.81. The molecule has 0 aliphatic rings. The lowest BCUT2D eigenvalue weighted by Gasteiger charge is -2.20. The molecule has 3 aromatic rings. The predicted molar refractivity (Wildman–Crippen MR) is 120 cm³/mol. The van der Waals surface area contributed by atoms with Gasteiger partial charge in [0, 0.05) is 11.6 Å². The van der Waals surface area contributed by atoms with E-state index in [2.05, 4.69) is 20.7 Å². The van der Waals surface area contributed by atoms with Gasteiger partial charge in [-0.15, -0.1) is 0 Å². The minimum atomic E-state index is -0.686. The van der Waals surface area contributed by atoms with Gasteiger partial charge in [0.1, 0.15) is 18.7 Å². The molecule has 0 radical (unpaired) electrons. The van der Waals surface area contributed by atoms with Gasteiger partial charge in [-0.3, -0.25) is 9.59 Å². The Morgan fingerprint density at radius 1 is 1.10 bits per heavy atom. The normalized spacial score (nSPS) is 11.9. The van der Waals surface area contributed by atoms with E-state index in [1.165, 1.54) is 12.4 Å². The second-order valence-electron chi connectivity index (χ2n) is 7.50. The molecule has 162 valence electrons. The minimum absolute atomic E-state index is 0.207. The smallest absolute Gasteiger partial charge is 0.253 e. The van der Waals surface area contributed by atoms with E-state index in [9.17, 15) is 9.59 Å². The Bertz CT molecular complexity index is 1040. The third-order valence-electron chi connectivity index (χ3n) is 4.59. The number of aromatic nitrogens is 3. The highest BCUT2D eigenvalue weighted by molar-refractivity contribution is 6.36. The van der Waals surface area contributed by atoms with Crippen LogP contribution >= 0.6 is 23.2 Å². The van der Waals surface area contributed by atoms with E-state index in [1.807, 2.05) is 38.1 Å². The molecule has 1 unspecified atom stereocenters. The monoisotopic (exact) mass is 459 g/mol. The molecule has 0 aliphatic carbocycles. The summed E-state index contributed by atoms with van der Waals surface area (Å²) in [7, 11) is 0. The average molecular weight is 460 g/mol. The molecule has 0 saturated heterocycles. The van der Waals surface area contributed by atoms with Gasteiger partial charge in [-0.2, -0.15) is 5.10 Å². The van der Waals surface area contributed by atoms with E-state index in [-0.39, 0.29) is 22.4 Å². The zero-order chi connectivity index (χ0) is 22.4. The lowest BCUT2D eigenvalue weighted by atomic mass is 10.0. The molecule has 0 aliphatic heterocycles. The van der Waals surface area contributed by atoms with Crippen LogP contribution in [0.3, 0.4) is 0 Å². The average Bonchev–Trinajstić information content (AvgIpc) is 3.26. The number of halogens is 2. The van der Waals surface area contributed by atoms with Gasteiger partial charge in [-0.25, -0.2) is 9.67 Å². The van der Waals surface area contributed by atoms with Crippen LogP contribution in [0.5, 0.6) is 0 Å². The molecule has 0 spiro atoms. The Morgan fingerprint density at radius 2 is 1.84 bits per heavy atom. The molecule has 0 saturated carbocycles. The topological polar surface area (TPSA) is 88.9 Å². The van der Waals surface area contributed by atoms with Gasteiger partial charge in [-0.05, 0) is 48.2 Å². The van der Waals surface area contributed by atoms with Gasteiger partial charge in [0.15, 0.2) is 0 Å². The van der Waals surface area contributed by atoms with Gasteiger partial charge in [0.2, 0.25) is 5.91 Å². The maximum atomic E-state index is 12.8. The zero-order valence-electron chi connectivity index (χ0n) is 17.2. The van der Waals surface area contributed by atoms with E-state index in [0.717, 1.165) is 11.3 Å². The summed E-state index contributed by atoms with van der Waals surface area (Å²) in [6.07, 6.45) is 3.57.